The minimum atomic E-state index is -0.529. The maximum atomic E-state index is 14.5. The Kier molecular flexibility index (Phi) is 11.5. The van der Waals surface area contributed by atoms with Crippen LogP contribution in [0.25, 0.3) is 0 Å². The molecular formula is C25H30ClF2NO2S. The lowest BCUT2D eigenvalue weighted by Crippen LogP contribution is -2.20. The van der Waals surface area contributed by atoms with Gasteiger partial charge in [-0.05, 0) is 62.1 Å². The van der Waals surface area contributed by atoms with E-state index in [4.69, 9.17) is 16.3 Å². The summed E-state index contributed by atoms with van der Waals surface area (Å²) < 4.78 is 33.4. The second-order valence-electron chi connectivity index (χ2n) is 7.38. The summed E-state index contributed by atoms with van der Waals surface area (Å²) in [6.45, 7) is 7.07. The molecule has 1 aromatic rings. The molecule has 0 saturated heterocycles. The first-order valence-corrected chi connectivity index (χ1v) is 12.1. The molecule has 1 aromatic carbocycles. The van der Waals surface area contributed by atoms with Gasteiger partial charge in [0.25, 0.3) is 0 Å². The number of ether oxygens (including phenoxy) is 1. The van der Waals surface area contributed by atoms with Crippen molar-refractivity contribution in [2.45, 2.75) is 39.0 Å². The zero-order valence-electron chi connectivity index (χ0n) is 18.6. The highest BCUT2D eigenvalue weighted by molar-refractivity contribution is 8.03. The number of thioether (sulfide) groups is 1. The summed E-state index contributed by atoms with van der Waals surface area (Å²) in [5, 5.41) is 0.647. The van der Waals surface area contributed by atoms with Gasteiger partial charge in [0.1, 0.15) is 0 Å². The summed E-state index contributed by atoms with van der Waals surface area (Å²) in [5.41, 5.74) is 4.52. The molecule has 0 unspecified atom stereocenters. The fraction of sp³-hybridized carbons (Fsp3) is 0.400. The van der Waals surface area contributed by atoms with Gasteiger partial charge in [-0.25, -0.2) is 4.39 Å². The normalized spacial score (nSPS) is 12.8. The van der Waals surface area contributed by atoms with Crippen LogP contribution >= 0.6 is 23.4 Å². The van der Waals surface area contributed by atoms with Crippen LogP contribution in [0.3, 0.4) is 0 Å². The Balaban J connectivity index is 1.93. The highest BCUT2D eigenvalue weighted by Crippen LogP contribution is 2.33. The lowest BCUT2D eigenvalue weighted by atomic mass is 10.1. The lowest BCUT2D eigenvalue weighted by Gasteiger charge is -2.23. The smallest absolute Gasteiger partial charge is 0.179 e. The van der Waals surface area contributed by atoms with Gasteiger partial charge in [0.15, 0.2) is 17.3 Å². The second kappa shape index (κ2) is 14.1. The maximum absolute atomic E-state index is 14.5. The molecule has 1 aliphatic rings. The van der Waals surface area contributed by atoms with Crippen molar-refractivity contribution in [1.82, 2.24) is 4.90 Å². The van der Waals surface area contributed by atoms with E-state index in [1.165, 1.54) is 6.07 Å². The van der Waals surface area contributed by atoms with Crippen LogP contribution < -0.4 is 9.68 Å². The molecule has 0 bridgehead atoms. The molecule has 0 fully saturated rings. The molecule has 0 atom stereocenters. The van der Waals surface area contributed by atoms with Crippen molar-refractivity contribution >= 4 is 23.4 Å². The third-order valence-electron chi connectivity index (χ3n) is 4.96. The Labute approximate surface area is 199 Å². The maximum Gasteiger partial charge on any atom is 0.179 e. The van der Waals surface area contributed by atoms with Gasteiger partial charge in [-0.15, -0.1) is 17.5 Å². The topological polar surface area (TPSA) is 21.7 Å². The molecule has 0 amide bonds. The predicted molar refractivity (Wildman–Crippen MR) is 130 cm³/mol. The summed E-state index contributed by atoms with van der Waals surface area (Å²) in [5.74, 6) is 0.252. The largest absolute Gasteiger partial charge is 0.490 e. The summed E-state index contributed by atoms with van der Waals surface area (Å²) in [4.78, 5) is 6.96. The third-order valence-corrected chi connectivity index (χ3v) is 6.27. The first kappa shape index (κ1) is 26.1. The molecule has 174 valence electrons. The van der Waals surface area contributed by atoms with Crippen LogP contribution in [0, 0.1) is 5.82 Å². The van der Waals surface area contributed by atoms with E-state index in [1.807, 2.05) is 24.1 Å². The number of hydrogen-bond acceptors (Lipinski definition) is 4. The van der Waals surface area contributed by atoms with Gasteiger partial charge in [0.05, 0.1) is 6.61 Å². The van der Waals surface area contributed by atoms with Crippen molar-refractivity contribution in [2.24, 2.45) is 0 Å². The van der Waals surface area contributed by atoms with Crippen molar-refractivity contribution in [3.8, 4) is 11.5 Å². The van der Waals surface area contributed by atoms with Crippen LogP contribution in [0.1, 0.15) is 38.2 Å². The lowest BCUT2D eigenvalue weighted by molar-refractivity contribution is -0.00786. The number of nitrogens with zero attached hydrogens (tertiary/aromatic N) is 1. The molecule has 7 heteroatoms. The molecule has 0 radical (unpaired) electrons. The molecule has 0 aliphatic heterocycles. The summed E-state index contributed by atoms with van der Waals surface area (Å²) in [6.07, 6.45) is 11.4. The van der Waals surface area contributed by atoms with Gasteiger partial charge in [-0.3, -0.25) is 4.94 Å². The van der Waals surface area contributed by atoms with Crippen LogP contribution in [0.4, 0.5) is 8.92 Å². The first-order valence-electron chi connectivity index (χ1n) is 10.7. The number of halogens is 3. The number of benzene rings is 1. The Morgan fingerprint density at radius 2 is 2.09 bits per heavy atom. The second-order valence-corrected chi connectivity index (χ2v) is 8.96. The number of unbranched alkanes of at least 4 members (excludes halogenated alkanes) is 1. The minimum absolute atomic E-state index is 0.0217. The minimum Gasteiger partial charge on any atom is -0.490 e. The Morgan fingerprint density at radius 1 is 1.28 bits per heavy atom. The van der Waals surface area contributed by atoms with Gasteiger partial charge < -0.3 is 9.64 Å². The van der Waals surface area contributed by atoms with E-state index in [9.17, 15) is 8.92 Å². The van der Waals surface area contributed by atoms with E-state index in [0.717, 1.165) is 41.7 Å². The molecule has 2 rings (SSSR count). The highest BCUT2D eigenvalue weighted by atomic mass is 35.5. The van der Waals surface area contributed by atoms with E-state index in [0.29, 0.717) is 36.6 Å². The summed E-state index contributed by atoms with van der Waals surface area (Å²) in [6, 6.07) is 2.45. The average Bonchev–Trinajstić information content (AvgIpc) is 3.00. The van der Waals surface area contributed by atoms with Crippen molar-refractivity contribution < 1.29 is 18.6 Å². The molecular weight excluding hydrogens is 452 g/mol. The van der Waals surface area contributed by atoms with E-state index < -0.39 is 5.82 Å². The van der Waals surface area contributed by atoms with Gasteiger partial charge in [0, 0.05) is 45.1 Å². The number of rotatable bonds is 14. The third kappa shape index (κ3) is 8.42. The Morgan fingerprint density at radius 3 is 2.84 bits per heavy atom. The molecule has 3 nitrogen and oxygen atoms in total. The fourth-order valence-corrected chi connectivity index (χ4v) is 3.95. The van der Waals surface area contributed by atoms with Gasteiger partial charge in [-0.2, -0.15) is 0 Å². The van der Waals surface area contributed by atoms with Crippen LogP contribution in [0.15, 0.2) is 64.4 Å². The predicted octanol–water partition coefficient (Wildman–Crippen LogP) is 7.50. The first-order chi connectivity index (χ1) is 15.5. The molecule has 0 N–H and O–H groups in total. The molecule has 1 aliphatic carbocycles. The van der Waals surface area contributed by atoms with Gasteiger partial charge in [0.2, 0.25) is 0 Å². The van der Waals surface area contributed by atoms with Crippen LogP contribution in [0.2, 0.25) is 0 Å². The Hall–Kier alpha value is -2.14. The van der Waals surface area contributed by atoms with Gasteiger partial charge in [-0.1, -0.05) is 31.5 Å². The molecule has 0 spiro atoms. The van der Waals surface area contributed by atoms with Crippen molar-refractivity contribution in [1.29, 1.82) is 0 Å². The van der Waals surface area contributed by atoms with E-state index in [2.05, 4.69) is 24.2 Å². The van der Waals surface area contributed by atoms with Gasteiger partial charge >= 0.3 is 0 Å². The monoisotopic (exact) mass is 481 g/mol. The SMILES string of the molecule is C=C(CCCC)N(C)CCc1c(OF)ccc(F)c1OCCCSC1=C=CC=C(Cl)C=C1. The van der Waals surface area contributed by atoms with Crippen LogP contribution in [-0.4, -0.2) is 30.9 Å². The molecule has 0 heterocycles. The van der Waals surface area contributed by atoms with E-state index in [-0.39, 0.29) is 11.5 Å². The Bertz CT molecular complexity index is 907. The highest BCUT2D eigenvalue weighted by Gasteiger charge is 2.18. The van der Waals surface area contributed by atoms with Crippen molar-refractivity contribution in [3.63, 3.8) is 0 Å². The van der Waals surface area contributed by atoms with E-state index in [1.54, 1.807) is 23.9 Å². The number of likely N-dealkylation sites (N-methyl/N-ethyl adjacent to an activating group) is 1. The fourth-order valence-electron chi connectivity index (χ4n) is 3.02. The number of hydrogen-bond donors (Lipinski definition) is 0. The van der Waals surface area contributed by atoms with Crippen molar-refractivity contribution in [3.05, 3.63) is 75.8 Å². The van der Waals surface area contributed by atoms with E-state index >= 15 is 0 Å². The summed E-state index contributed by atoms with van der Waals surface area (Å²) in [7, 11) is 1.93. The standard InChI is InChI=1S/C25H30ClF2NO2S/c1-4-5-8-19(2)29(3)16-15-22-24(31-28)14-13-23(27)25(22)30-17-7-18-32-21-10-6-9-20(26)11-12-21/h6,9,11-14H,2,4-5,7-8,15-18H2,1,3H3. The zero-order valence-corrected chi connectivity index (χ0v) is 20.2. The van der Waals surface area contributed by atoms with Crippen LogP contribution in [-0.2, 0) is 6.42 Å². The summed E-state index contributed by atoms with van der Waals surface area (Å²) >= 11 is 7.57. The van der Waals surface area contributed by atoms with Crippen LogP contribution in [0.5, 0.6) is 11.5 Å². The quantitative estimate of drug-likeness (QED) is 0.202. The molecule has 32 heavy (non-hydrogen) atoms. The van der Waals surface area contributed by atoms with Crippen molar-refractivity contribution in [2.75, 3.05) is 26.0 Å². The average molecular weight is 482 g/mol. The zero-order chi connectivity index (χ0) is 23.3. The molecule has 0 aromatic heterocycles. The number of allylic oxidation sites excluding steroid dienone is 5. The molecule has 0 saturated carbocycles.